The van der Waals surface area contributed by atoms with Gasteiger partial charge >= 0.3 is 0 Å². The van der Waals surface area contributed by atoms with Gasteiger partial charge in [0.1, 0.15) is 11.5 Å². The molecule has 2 aromatic carbocycles. The summed E-state index contributed by atoms with van der Waals surface area (Å²) < 4.78 is 6.18. The first kappa shape index (κ1) is 18.5. The fraction of sp³-hybridized carbons (Fsp3) is 0.273. The number of hydrogen-bond acceptors (Lipinski definition) is 4. The number of para-hydroxylation sites is 1. The molecule has 0 spiro atoms. The normalized spacial score (nSPS) is 14.6. The zero-order chi connectivity index (χ0) is 19.3. The Morgan fingerprint density at radius 2 is 1.75 bits per heavy atom. The molecule has 1 heterocycles. The lowest BCUT2D eigenvalue weighted by Crippen LogP contribution is -2.21. The van der Waals surface area contributed by atoms with E-state index in [2.05, 4.69) is 34.2 Å². The van der Waals surface area contributed by atoms with Gasteiger partial charge in [-0.2, -0.15) is 4.99 Å². The van der Waals surface area contributed by atoms with Crippen molar-refractivity contribution in [2.45, 2.75) is 38.0 Å². The van der Waals surface area contributed by atoms with Crippen molar-refractivity contribution in [3.63, 3.8) is 0 Å². The Hall–Kier alpha value is -2.86. The number of aliphatic imine (C=N–C) groups is 1. The van der Waals surface area contributed by atoms with Crippen LogP contribution in [0.2, 0.25) is 0 Å². The summed E-state index contributed by atoms with van der Waals surface area (Å²) in [6.45, 7) is 0. The minimum absolute atomic E-state index is 0.00323. The fourth-order valence-electron chi connectivity index (χ4n) is 3.69. The molecule has 0 amide bonds. The number of nitrogens with zero attached hydrogens (tertiary/aromatic N) is 2. The van der Waals surface area contributed by atoms with E-state index in [0.29, 0.717) is 11.0 Å². The van der Waals surface area contributed by atoms with Gasteiger partial charge < -0.3 is 16.2 Å². The van der Waals surface area contributed by atoms with E-state index in [1.54, 1.807) is 0 Å². The van der Waals surface area contributed by atoms with Crippen molar-refractivity contribution in [3.05, 3.63) is 59.5 Å². The largest absolute Gasteiger partial charge is 0.457 e. The van der Waals surface area contributed by atoms with Crippen LogP contribution in [-0.4, -0.2) is 10.9 Å². The molecule has 3 aromatic rings. The quantitative estimate of drug-likeness (QED) is 0.440. The van der Waals surface area contributed by atoms with Crippen LogP contribution in [0.1, 0.15) is 43.6 Å². The third kappa shape index (κ3) is 4.34. The van der Waals surface area contributed by atoms with Gasteiger partial charge in [-0.15, -0.1) is 11.3 Å². The predicted octanol–water partition coefficient (Wildman–Crippen LogP) is 5.56. The Labute approximate surface area is 169 Å². The van der Waals surface area contributed by atoms with Crippen molar-refractivity contribution in [2.24, 2.45) is 16.5 Å². The van der Waals surface area contributed by atoms with Crippen LogP contribution in [0.3, 0.4) is 0 Å². The maximum absolute atomic E-state index is 6.18. The first-order chi connectivity index (χ1) is 13.7. The highest BCUT2D eigenvalue weighted by Crippen LogP contribution is 2.37. The van der Waals surface area contributed by atoms with Gasteiger partial charge in [-0.05, 0) is 48.6 Å². The van der Waals surface area contributed by atoms with Crippen LogP contribution in [0.25, 0.3) is 11.3 Å². The highest BCUT2D eigenvalue weighted by molar-refractivity contribution is 7.13. The van der Waals surface area contributed by atoms with E-state index in [9.17, 15) is 0 Å². The number of benzene rings is 2. The molecule has 0 atom stereocenters. The van der Waals surface area contributed by atoms with Crippen molar-refractivity contribution < 1.29 is 4.74 Å². The van der Waals surface area contributed by atoms with Gasteiger partial charge in [-0.25, -0.2) is 4.98 Å². The molecule has 1 saturated carbocycles. The van der Waals surface area contributed by atoms with Gasteiger partial charge in [-0.3, -0.25) is 0 Å². The van der Waals surface area contributed by atoms with E-state index >= 15 is 0 Å². The lowest BCUT2D eigenvalue weighted by atomic mass is 9.84. The second-order valence-electron chi connectivity index (χ2n) is 7.05. The number of aromatic nitrogens is 1. The van der Waals surface area contributed by atoms with E-state index in [-0.39, 0.29) is 5.96 Å². The summed E-state index contributed by atoms with van der Waals surface area (Å²) in [5.41, 5.74) is 14.0. The number of nitrogens with two attached hydrogens (primary N) is 2. The summed E-state index contributed by atoms with van der Waals surface area (Å²) in [5, 5.41) is 2.46. The van der Waals surface area contributed by atoms with Crippen molar-refractivity contribution in [1.82, 2.24) is 4.98 Å². The standard InChI is InChI=1S/C22H24N4OS/c23-21(24)26-22-25-19(14-28-22)18-8-4-5-9-20(18)27-17-12-10-16(11-13-17)15-6-2-1-3-7-15/h4-5,8-15H,1-3,6-7H2,(H4,23,24,25,26). The predicted molar refractivity (Wildman–Crippen MR) is 115 cm³/mol. The number of hydrogen-bond donors (Lipinski definition) is 2. The Morgan fingerprint density at radius 1 is 1.00 bits per heavy atom. The molecule has 1 aliphatic rings. The Bertz CT molecular complexity index is 955. The maximum Gasteiger partial charge on any atom is 0.212 e. The molecule has 0 saturated heterocycles. The van der Waals surface area contributed by atoms with Crippen molar-refractivity contribution in [2.75, 3.05) is 0 Å². The molecule has 1 aliphatic carbocycles. The summed E-state index contributed by atoms with van der Waals surface area (Å²) in [5.74, 6) is 2.28. The second kappa shape index (κ2) is 8.44. The van der Waals surface area contributed by atoms with Crippen molar-refractivity contribution in [3.8, 4) is 22.8 Å². The van der Waals surface area contributed by atoms with Crippen LogP contribution < -0.4 is 16.2 Å². The lowest BCUT2D eigenvalue weighted by molar-refractivity contribution is 0.442. The van der Waals surface area contributed by atoms with E-state index in [4.69, 9.17) is 16.2 Å². The maximum atomic E-state index is 6.18. The lowest BCUT2D eigenvalue weighted by Gasteiger charge is -2.22. The van der Waals surface area contributed by atoms with Crippen molar-refractivity contribution in [1.29, 1.82) is 0 Å². The zero-order valence-corrected chi connectivity index (χ0v) is 16.5. The average molecular weight is 393 g/mol. The SMILES string of the molecule is NC(N)=Nc1nc(-c2ccccc2Oc2ccc(C3CCCCC3)cc2)cs1. The van der Waals surface area contributed by atoms with Crippen molar-refractivity contribution >= 4 is 22.4 Å². The third-order valence-electron chi connectivity index (χ3n) is 5.06. The molecule has 0 bridgehead atoms. The Kier molecular flexibility index (Phi) is 5.58. The number of guanidine groups is 1. The molecule has 0 unspecified atom stereocenters. The van der Waals surface area contributed by atoms with Gasteiger partial charge in [0.15, 0.2) is 5.96 Å². The zero-order valence-electron chi connectivity index (χ0n) is 15.7. The van der Waals surface area contributed by atoms with Gasteiger partial charge in [-0.1, -0.05) is 43.5 Å². The number of thiazole rings is 1. The minimum atomic E-state index is 0.00323. The molecule has 1 aromatic heterocycles. The van der Waals surface area contributed by atoms with Crippen LogP contribution in [0.4, 0.5) is 5.13 Å². The van der Waals surface area contributed by atoms with Gasteiger partial charge in [0.25, 0.3) is 0 Å². The van der Waals surface area contributed by atoms with Crippen LogP contribution in [0.5, 0.6) is 11.5 Å². The number of ether oxygens (including phenoxy) is 1. The minimum Gasteiger partial charge on any atom is -0.457 e. The summed E-state index contributed by atoms with van der Waals surface area (Å²) in [4.78, 5) is 8.50. The summed E-state index contributed by atoms with van der Waals surface area (Å²) in [7, 11) is 0. The third-order valence-corrected chi connectivity index (χ3v) is 5.80. The highest BCUT2D eigenvalue weighted by Gasteiger charge is 2.16. The van der Waals surface area contributed by atoms with Crippen LogP contribution >= 0.6 is 11.3 Å². The molecule has 0 aliphatic heterocycles. The van der Waals surface area contributed by atoms with E-state index in [1.165, 1.54) is 49.0 Å². The molecule has 28 heavy (non-hydrogen) atoms. The average Bonchev–Trinajstić information content (AvgIpc) is 3.17. The molecule has 4 N–H and O–H groups in total. The monoisotopic (exact) mass is 392 g/mol. The van der Waals surface area contributed by atoms with E-state index in [1.807, 2.05) is 29.6 Å². The smallest absolute Gasteiger partial charge is 0.212 e. The first-order valence-corrected chi connectivity index (χ1v) is 10.5. The van der Waals surface area contributed by atoms with Crippen LogP contribution in [-0.2, 0) is 0 Å². The number of rotatable bonds is 5. The highest BCUT2D eigenvalue weighted by atomic mass is 32.1. The molecular weight excluding hydrogens is 368 g/mol. The van der Waals surface area contributed by atoms with Crippen LogP contribution in [0.15, 0.2) is 58.9 Å². The molecular formula is C22H24N4OS. The summed E-state index contributed by atoms with van der Waals surface area (Å²) >= 11 is 1.39. The van der Waals surface area contributed by atoms with Gasteiger partial charge in [0, 0.05) is 10.9 Å². The van der Waals surface area contributed by atoms with Gasteiger partial charge in [0.05, 0.1) is 5.69 Å². The first-order valence-electron chi connectivity index (χ1n) is 9.61. The topological polar surface area (TPSA) is 86.5 Å². The molecule has 5 nitrogen and oxygen atoms in total. The van der Waals surface area contributed by atoms with E-state index < -0.39 is 0 Å². The Balaban J connectivity index is 1.54. The van der Waals surface area contributed by atoms with Crippen LogP contribution in [0, 0.1) is 0 Å². The molecule has 6 heteroatoms. The molecule has 1 fully saturated rings. The Morgan fingerprint density at radius 3 is 2.50 bits per heavy atom. The van der Waals surface area contributed by atoms with E-state index in [0.717, 1.165) is 22.8 Å². The van der Waals surface area contributed by atoms with Gasteiger partial charge in [0.2, 0.25) is 5.13 Å². The molecule has 4 rings (SSSR count). The summed E-state index contributed by atoms with van der Waals surface area (Å²) in [6.07, 6.45) is 6.64. The molecule has 0 radical (unpaired) electrons. The molecule has 144 valence electrons. The fourth-order valence-corrected chi connectivity index (χ4v) is 4.39. The summed E-state index contributed by atoms with van der Waals surface area (Å²) in [6, 6.07) is 16.4. The second-order valence-corrected chi connectivity index (χ2v) is 7.89.